The van der Waals surface area contributed by atoms with Crippen LogP contribution >= 0.6 is 24.8 Å². The highest BCUT2D eigenvalue weighted by Crippen LogP contribution is 2.29. The molecule has 9 heteroatoms. The predicted molar refractivity (Wildman–Crippen MR) is 60.4 cm³/mol. The number of aromatic nitrogens is 3. The first-order chi connectivity index (χ1) is 7.02. The third-order valence-electron chi connectivity index (χ3n) is 1.99. The minimum atomic E-state index is -4.36. The summed E-state index contributed by atoms with van der Waals surface area (Å²) in [6.07, 6.45) is -3.10. The number of hydrogen-bond acceptors (Lipinski definition) is 3. The van der Waals surface area contributed by atoms with Crippen LogP contribution in [0.1, 0.15) is 11.4 Å². The average molecular weight is 289 g/mol. The standard InChI is InChI=1S/C8H7F3N4.2ClH/c9-8(10,11)5-1-2-15-6(3-5)13-14-7(15)4-12;;/h1-3H,4,12H2;2*1H. The maximum Gasteiger partial charge on any atom is 0.416 e. The molecular weight excluding hydrogens is 280 g/mol. The number of nitrogens with two attached hydrogens (primary N) is 1. The summed E-state index contributed by atoms with van der Waals surface area (Å²) >= 11 is 0. The van der Waals surface area contributed by atoms with E-state index >= 15 is 0 Å². The number of alkyl halides is 3. The molecule has 0 aliphatic heterocycles. The maximum atomic E-state index is 12.3. The van der Waals surface area contributed by atoms with E-state index < -0.39 is 11.7 Å². The molecule has 2 rings (SSSR count). The van der Waals surface area contributed by atoms with Gasteiger partial charge in [-0.3, -0.25) is 4.40 Å². The topological polar surface area (TPSA) is 56.2 Å². The Bertz CT molecular complexity index is 497. The van der Waals surface area contributed by atoms with Crippen molar-refractivity contribution in [1.29, 1.82) is 0 Å². The highest BCUT2D eigenvalue weighted by atomic mass is 35.5. The average Bonchev–Trinajstić information content (AvgIpc) is 2.58. The fourth-order valence-electron chi connectivity index (χ4n) is 1.26. The highest BCUT2D eigenvalue weighted by Gasteiger charge is 2.30. The number of rotatable bonds is 1. The Labute approximate surface area is 107 Å². The molecule has 0 aliphatic rings. The Morgan fingerprint density at radius 2 is 1.88 bits per heavy atom. The molecule has 0 spiro atoms. The Morgan fingerprint density at radius 3 is 2.41 bits per heavy atom. The van der Waals surface area contributed by atoms with E-state index in [1.54, 1.807) is 0 Å². The van der Waals surface area contributed by atoms with Gasteiger partial charge in [0.05, 0.1) is 12.1 Å². The van der Waals surface area contributed by atoms with Crippen LogP contribution < -0.4 is 5.73 Å². The SMILES string of the molecule is Cl.Cl.NCc1nnc2cc(C(F)(F)F)ccn12. The third-order valence-corrected chi connectivity index (χ3v) is 1.99. The molecule has 0 saturated heterocycles. The zero-order valence-electron chi connectivity index (χ0n) is 8.31. The lowest BCUT2D eigenvalue weighted by atomic mass is 10.2. The summed E-state index contributed by atoms with van der Waals surface area (Å²) in [6, 6.07) is 1.90. The fraction of sp³-hybridized carbons (Fsp3) is 0.250. The molecule has 17 heavy (non-hydrogen) atoms. The largest absolute Gasteiger partial charge is 0.416 e. The highest BCUT2D eigenvalue weighted by molar-refractivity contribution is 5.85. The quantitative estimate of drug-likeness (QED) is 0.874. The van der Waals surface area contributed by atoms with Crippen molar-refractivity contribution in [2.75, 3.05) is 0 Å². The smallest absolute Gasteiger partial charge is 0.324 e. The molecule has 0 aromatic carbocycles. The molecule has 4 nitrogen and oxygen atoms in total. The van der Waals surface area contributed by atoms with Gasteiger partial charge >= 0.3 is 6.18 Å². The molecular formula is C8H9Cl2F3N4. The van der Waals surface area contributed by atoms with E-state index in [0.717, 1.165) is 12.1 Å². The Kier molecular flexibility index (Phi) is 5.18. The fourth-order valence-corrected chi connectivity index (χ4v) is 1.26. The molecule has 0 amide bonds. The predicted octanol–water partition coefficient (Wildman–Crippen LogP) is 2.05. The van der Waals surface area contributed by atoms with Crippen LogP contribution in [-0.2, 0) is 12.7 Å². The van der Waals surface area contributed by atoms with E-state index in [0.29, 0.717) is 5.82 Å². The summed E-state index contributed by atoms with van der Waals surface area (Å²) in [5.74, 6) is 0.429. The van der Waals surface area contributed by atoms with Gasteiger partial charge in [0.2, 0.25) is 0 Å². The van der Waals surface area contributed by atoms with E-state index in [4.69, 9.17) is 5.73 Å². The molecule has 0 aliphatic carbocycles. The van der Waals surface area contributed by atoms with Crippen LogP contribution in [0.25, 0.3) is 5.65 Å². The van der Waals surface area contributed by atoms with Gasteiger partial charge in [0.1, 0.15) is 0 Å². The van der Waals surface area contributed by atoms with Gasteiger partial charge in [-0.2, -0.15) is 13.2 Å². The molecule has 0 unspecified atom stereocenters. The third kappa shape index (κ3) is 2.99. The zero-order chi connectivity index (χ0) is 11.1. The number of halogens is 5. The lowest BCUT2D eigenvalue weighted by Gasteiger charge is -2.06. The van der Waals surface area contributed by atoms with E-state index in [9.17, 15) is 13.2 Å². The van der Waals surface area contributed by atoms with Crippen molar-refractivity contribution in [3.63, 3.8) is 0 Å². The summed E-state index contributed by atoms with van der Waals surface area (Å²) in [7, 11) is 0. The maximum absolute atomic E-state index is 12.3. The van der Waals surface area contributed by atoms with Crippen LogP contribution in [0, 0.1) is 0 Å². The number of fused-ring (bicyclic) bond motifs is 1. The first kappa shape index (κ1) is 16.0. The summed E-state index contributed by atoms with van der Waals surface area (Å²) in [5, 5.41) is 7.25. The normalized spacial score (nSPS) is 10.8. The van der Waals surface area contributed by atoms with Crippen LogP contribution in [0.4, 0.5) is 13.2 Å². The molecule has 0 bridgehead atoms. The summed E-state index contributed by atoms with van der Waals surface area (Å²) in [6.45, 7) is 0.131. The van der Waals surface area contributed by atoms with Crippen molar-refractivity contribution in [3.8, 4) is 0 Å². The van der Waals surface area contributed by atoms with Crippen molar-refractivity contribution in [2.45, 2.75) is 12.7 Å². The molecule has 0 radical (unpaired) electrons. The lowest BCUT2D eigenvalue weighted by molar-refractivity contribution is -0.137. The van der Waals surface area contributed by atoms with Gasteiger partial charge in [-0.1, -0.05) is 0 Å². The van der Waals surface area contributed by atoms with Crippen LogP contribution in [0.2, 0.25) is 0 Å². The number of pyridine rings is 1. The van der Waals surface area contributed by atoms with Gasteiger partial charge < -0.3 is 5.73 Å². The van der Waals surface area contributed by atoms with Crippen LogP contribution in [0.3, 0.4) is 0 Å². The second kappa shape index (κ2) is 5.52. The van der Waals surface area contributed by atoms with Gasteiger partial charge in [-0.25, -0.2) is 0 Å². The first-order valence-corrected chi connectivity index (χ1v) is 4.13. The molecule has 0 fully saturated rings. The van der Waals surface area contributed by atoms with E-state index in [1.807, 2.05) is 0 Å². The first-order valence-electron chi connectivity index (χ1n) is 4.13. The van der Waals surface area contributed by atoms with Gasteiger partial charge in [0.15, 0.2) is 11.5 Å². The van der Waals surface area contributed by atoms with Crippen LogP contribution in [-0.4, -0.2) is 14.6 Å². The minimum absolute atomic E-state index is 0. The Hall–Kier alpha value is -1.05. The number of hydrogen-bond donors (Lipinski definition) is 1. The molecule has 96 valence electrons. The molecule has 2 aromatic heterocycles. The zero-order valence-corrected chi connectivity index (χ0v) is 9.94. The molecule has 2 aromatic rings. The number of nitrogens with zero attached hydrogens (tertiary/aromatic N) is 3. The lowest BCUT2D eigenvalue weighted by Crippen LogP contribution is -2.07. The van der Waals surface area contributed by atoms with Crippen molar-refractivity contribution in [1.82, 2.24) is 14.6 Å². The van der Waals surface area contributed by atoms with Gasteiger partial charge in [-0.15, -0.1) is 35.0 Å². The van der Waals surface area contributed by atoms with E-state index in [-0.39, 0.29) is 37.0 Å². The summed E-state index contributed by atoms with van der Waals surface area (Å²) in [5.41, 5.74) is 4.74. The Balaban J connectivity index is 0.00000128. The molecule has 0 atom stereocenters. The minimum Gasteiger partial charge on any atom is -0.324 e. The summed E-state index contributed by atoms with van der Waals surface area (Å²) < 4.78 is 38.4. The Morgan fingerprint density at radius 1 is 1.24 bits per heavy atom. The van der Waals surface area contributed by atoms with E-state index in [2.05, 4.69) is 10.2 Å². The van der Waals surface area contributed by atoms with Crippen molar-refractivity contribution < 1.29 is 13.2 Å². The van der Waals surface area contributed by atoms with Gasteiger partial charge in [-0.05, 0) is 12.1 Å². The van der Waals surface area contributed by atoms with E-state index in [1.165, 1.54) is 10.6 Å². The molecule has 2 N–H and O–H groups in total. The monoisotopic (exact) mass is 288 g/mol. The van der Waals surface area contributed by atoms with Crippen LogP contribution in [0.5, 0.6) is 0 Å². The van der Waals surface area contributed by atoms with Gasteiger partial charge in [0.25, 0.3) is 0 Å². The van der Waals surface area contributed by atoms with Crippen molar-refractivity contribution in [2.24, 2.45) is 5.73 Å². The second-order valence-corrected chi connectivity index (χ2v) is 2.96. The van der Waals surface area contributed by atoms with Gasteiger partial charge in [0, 0.05) is 6.20 Å². The van der Waals surface area contributed by atoms with Crippen molar-refractivity contribution >= 4 is 30.5 Å². The second-order valence-electron chi connectivity index (χ2n) is 2.96. The summed E-state index contributed by atoms with van der Waals surface area (Å²) in [4.78, 5) is 0. The van der Waals surface area contributed by atoms with Crippen molar-refractivity contribution in [3.05, 3.63) is 29.7 Å². The molecule has 2 heterocycles. The molecule has 0 saturated carbocycles. The van der Waals surface area contributed by atoms with Crippen LogP contribution in [0.15, 0.2) is 18.3 Å².